The highest BCUT2D eigenvalue weighted by atomic mass is 19.1. The summed E-state index contributed by atoms with van der Waals surface area (Å²) < 4.78 is 25.0. The zero-order chi connectivity index (χ0) is 21.6. The van der Waals surface area contributed by atoms with Crippen LogP contribution in [0.1, 0.15) is 42.3 Å². The molecule has 0 spiro atoms. The Morgan fingerprint density at radius 2 is 1.86 bits per heavy atom. The lowest BCUT2D eigenvalue weighted by Crippen LogP contribution is -2.20. The molecule has 0 saturated carbocycles. The van der Waals surface area contributed by atoms with Gasteiger partial charge in [0.1, 0.15) is 23.9 Å². The Labute approximate surface area is 172 Å². The predicted molar refractivity (Wildman–Crippen MR) is 116 cm³/mol. The number of halogens is 1. The maximum absolute atomic E-state index is 14.2. The second-order valence-electron chi connectivity index (χ2n) is 8.20. The van der Waals surface area contributed by atoms with Gasteiger partial charge in [0, 0.05) is 18.2 Å². The van der Waals surface area contributed by atoms with Crippen molar-refractivity contribution in [1.29, 1.82) is 0 Å². The highest BCUT2D eigenvalue weighted by molar-refractivity contribution is 6.08. The fraction of sp³-hybridized carbons (Fsp3) is 0.375. The number of hydrogen-bond donors (Lipinski definition) is 0. The van der Waals surface area contributed by atoms with Crippen LogP contribution in [0.25, 0.3) is 6.08 Å². The third kappa shape index (κ3) is 6.43. The molecule has 5 heteroatoms. The second-order valence-corrected chi connectivity index (χ2v) is 8.20. The van der Waals surface area contributed by atoms with Gasteiger partial charge in [-0.2, -0.15) is 0 Å². The summed E-state index contributed by atoms with van der Waals surface area (Å²) in [7, 11) is 5.41. The number of carbonyl (C=O) groups is 1. The van der Waals surface area contributed by atoms with E-state index in [9.17, 15) is 9.18 Å². The largest absolute Gasteiger partial charge is 0.497 e. The second kappa shape index (κ2) is 9.70. The Morgan fingerprint density at radius 1 is 1.14 bits per heavy atom. The van der Waals surface area contributed by atoms with Gasteiger partial charge in [-0.1, -0.05) is 26.8 Å². The molecule has 0 saturated heterocycles. The number of rotatable bonds is 8. The Balaban J connectivity index is 2.32. The maximum atomic E-state index is 14.2. The van der Waals surface area contributed by atoms with E-state index in [0.29, 0.717) is 29.2 Å². The van der Waals surface area contributed by atoms with Gasteiger partial charge in [0.25, 0.3) is 0 Å². The molecule has 2 aromatic carbocycles. The van der Waals surface area contributed by atoms with Crippen LogP contribution in [0.15, 0.2) is 42.5 Å². The van der Waals surface area contributed by atoms with E-state index >= 15 is 0 Å². The van der Waals surface area contributed by atoms with Crippen LogP contribution < -0.4 is 9.47 Å². The zero-order valence-electron chi connectivity index (χ0n) is 18.1. The third-order valence-corrected chi connectivity index (χ3v) is 4.53. The molecule has 0 unspecified atom stereocenters. The summed E-state index contributed by atoms with van der Waals surface area (Å²) in [5.74, 6) is 0.288. The van der Waals surface area contributed by atoms with Crippen LogP contribution in [-0.2, 0) is 5.41 Å². The monoisotopic (exact) mass is 399 g/mol. The van der Waals surface area contributed by atoms with Crippen molar-refractivity contribution in [2.24, 2.45) is 0 Å². The molecule has 0 radical (unpaired) electrons. The first-order valence-corrected chi connectivity index (χ1v) is 9.60. The fourth-order valence-electron chi connectivity index (χ4n) is 2.68. The van der Waals surface area contributed by atoms with Gasteiger partial charge in [-0.15, -0.1) is 0 Å². The topological polar surface area (TPSA) is 38.8 Å². The molecule has 0 fully saturated rings. The number of nitrogens with zero attached hydrogens (tertiary/aromatic N) is 1. The molecule has 0 aliphatic rings. The van der Waals surface area contributed by atoms with Gasteiger partial charge < -0.3 is 14.4 Å². The van der Waals surface area contributed by atoms with Gasteiger partial charge in [-0.05, 0) is 61.5 Å². The highest BCUT2D eigenvalue weighted by Crippen LogP contribution is 2.29. The number of benzene rings is 2. The Morgan fingerprint density at radius 3 is 2.45 bits per heavy atom. The van der Waals surface area contributed by atoms with Crippen LogP contribution in [0.4, 0.5) is 4.39 Å². The van der Waals surface area contributed by atoms with E-state index in [2.05, 4.69) is 20.8 Å². The number of allylic oxidation sites excluding steroid dienone is 1. The molecule has 0 aromatic heterocycles. The van der Waals surface area contributed by atoms with Crippen LogP contribution in [0.3, 0.4) is 0 Å². The van der Waals surface area contributed by atoms with Gasteiger partial charge in [-0.25, -0.2) is 4.39 Å². The minimum Gasteiger partial charge on any atom is -0.497 e. The molecular formula is C24H30FNO3. The van der Waals surface area contributed by atoms with Crippen molar-refractivity contribution in [1.82, 2.24) is 4.90 Å². The Hall–Kier alpha value is -2.66. The molecule has 29 heavy (non-hydrogen) atoms. The van der Waals surface area contributed by atoms with E-state index in [0.717, 1.165) is 12.1 Å². The number of likely N-dealkylation sites (N-methyl/N-ethyl adjacent to an activating group) is 1. The Bertz CT molecular complexity index is 882. The molecule has 0 amide bonds. The van der Waals surface area contributed by atoms with E-state index in [-0.39, 0.29) is 11.2 Å². The number of methoxy groups -OCH3 is 1. The summed E-state index contributed by atoms with van der Waals surface area (Å²) in [4.78, 5) is 14.9. The van der Waals surface area contributed by atoms with Crippen molar-refractivity contribution in [2.45, 2.75) is 26.2 Å². The average Bonchev–Trinajstić information content (AvgIpc) is 2.65. The first-order chi connectivity index (χ1) is 13.6. The molecule has 2 aromatic rings. The van der Waals surface area contributed by atoms with Gasteiger partial charge in [0.05, 0.1) is 12.7 Å². The van der Waals surface area contributed by atoms with E-state index < -0.39 is 5.82 Å². The van der Waals surface area contributed by atoms with E-state index in [1.54, 1.807) is 12.1 Å². The minimum atomic E-state index is -0.445. The van der Waals surface area contributed by atoms with Crippen LogP contribution in [0, 0.1) is 5.82 Å². The Kier molecular flexibility index (Phi) is 7.57. The van der Waals surface area contributed by atoms with E-state index in [1.807, 2.05) is 37.2 Å². The molecule has 0 heterocycles. The molecule has 0 atom stereocenters. The normalized spacial score (nSPS) is 11.9. The lowest BCUT2D eigenvalue weighted by atomic mass is 9.85. The summed E-state index contributed by atoms with van der Waals surface area (Å²) in [5.41, 5.74) is 1.72. The summed E-state index contributed by atoms with van der Waals surface area (Å²) >= 11 is 0. The van der Waals surface area contributed by atoms with Crippen molar-refractivity contribution in [3.8, 4) is 11.5 Å². The highest BCUT2D eigenvalue weighted by Gasteiger charge is 2.19. The maximum Gasteiger partial charge on any atom is 0.189 e. The smallest absolute Gasteiger partial charge is 0.189 e. The molecular weight excluding hydrogens is 369 g/mol. The van der Waals surface area contributed by atoms with Crippen molar-refractivity contribution in [3.63, 3.8) is 0 Å². The van der Waals surface area contributed by atoms with Crippen molar-refractivity contribution in [2.75, 3.05) is 34.4 Å². The van der Waals surface area contributed by atoms with Crippen molar-refractivity contribution >= 4 is 11.9 Å². The molecule has 156 valence electrons. The third-order valence-electron chi connectivity index (χ3n) is 4.53. The summed E-state index contributed by atoms with van der Waals surface area (Å²) in [5, 5.41) is 0. The first-order valence-electron chi connectivity index (χ1n) is 9.60. The van der Waals surface area contributed by atoms with Crippen molar-refractivity contribution in [3.05, 3.63) is 65.0 Å². The van der Waals surface area contributed by atoms with E-state index in [4.69, 9.17) is 9.47 Å². The fourth-order valence-corrected chi connectivity index (χ4v) is 2.68. The summed E-state index contributed by atoms with van der Waals surface area (Å²) in [6.45, 7) is 7.48. The first kappa shape index (κ1) is 22.6. The van der Waals surface area contributed by atoms with Gasteiger partial charge in [-0.3, -0.25) is 4.79 Å². The summed E-state index contributed by atoms with van der Waals surface area (Å²) in [6, 6.07) is 10.2. The number of ketones is 1. The SMILES string of the molecule is COc1ccc(C=CC(=O)c2cc(C(C)(C)C)ccc2OCCN(C)C)c(F)c1. The average molecular weight is 400 g/mol. The summed E-state index contributed by atoms with van der Waals surface area (Å²) in [6.07, 6.45) is 2.86. The zero-order valence-corrected chi connectivity index (χ0v) is 18.1. The number of hydrogen-bond acceptors (Lipinski definition) is 4. The molecule has 0 bridgehead atoms. The number of carbonyl (C=O) groups excluding carboxylic acids is 1. The van der Waals surface area contributed by atoms with Crippen LogP contribution in [0.2, 0.25) is 0 Å². The lowest BCUT2D eigenvalue weighted by molar-refractivity contribution is 0.104. The molecule has 0 aliphatic carbocycles. The van der Waals surface area contributed by atoms with Gasteiger partial charge in [0.2, 0.25) is 0 Å². The van der Waals surface area contributed by atoms with Gasteiger partial charge in [0.15, 0.2) is 5.78 Å². The molecule has 0 aliphatic heterocycles. The van der Waals surface area contributed by atoms with Crippen molar-refractivity contribution < 1.29 is 18.7 Å². The van der Waals surface area contributed by atoms with Crippen LogP contribution >= 0.6 is 0 Å². The lowest BCUT2D eigenvalue weighted by Gasteiger charge is -2.21. The van der Waals surface area contributed by atoms with Crippen LogP contribution in [0.5, 0.6) is 11.5 Å². The molecule has 2 rings (SSSR count). The number of ether oxygens (including phenoxy) is 2. The predicted octanol–water partition coefficient (Wildman–Crippen LogP) is 4.97. The quantitative estimate of drug-likeness (QED) is 0.464. The molecule has 4 nitrogen and oxygen atoms in total. The van der Waals surface area contributed by atoms with E-state index in [1.165, 1.54) is 25.3 Å². The minimum absolute atomic E-state index is 0.108. The van der Waals surface area contributed by atoms with Gasteiger partial charge >= 0.3 is 0 Å². The van der Waals surface area contributed by atoms with Crippen LogP contribution in [-0.4, -0.2) is 45.0 Å². The molecule has 0 N–H and O–H groups in total. The standard InChI is InChI=1S/C24H30FNO3/c1-24(2,3)18-9-12-23(29-14-13-26(4)5)20(15-18)22(27)11-8-17-7-10-19(28-6)16-21(17)25/h7-12,15-16H,13-14H2,1-6H3.